The molecule has 3 rings (SSSR count). The maximum absolute atomic E-state index is 6.21. The summed E-state index contributed by atoms with van der Waals surface area (Å²) in [5, 5.41) is 0. The van der Waals surface area contributed by atoms with Gasteiger partial charge in [-0.15, -0.1) is 0 Å². The lowest BCUT2D eigenvalue weighted by Gasteiger charge is -2.26. The molecule has 1 saturated heterocycles. The quantitative estimate of drug-likeness (QED) is 0.592. The topological polar surface area (TPSA) is 90.3 Å². The van der Waals surface area contributed by atoms with Crippen LogP contribution in [0, 0.1) is 0 Å². The summed E-state index contributed by atoms with van der Waals surface area (Å²) in [4.78, 5) is 11.2. The SMILES string of the molecule is CCCCCc1nc(N)nc(N)c1Cc1cccc(OCCN2CCCCC2)c1. The molecule has 1 aromatic carbocycles. The van der Waals surface area contributed by atoms with Gasteiger partial charge in [0.15, 0.2) is 0 Å². The molecule has 4 N–H and O–H groups in total. The Labute approximate surface area is 174 Å². The standard InChI is InChI=1S/C23H35N5O/c1-2-3-5-11-21-20(22(24)27-23(25)26-21)17-18-9-8-10-19(16-18)29-15-14-28-12-6-4-7-13-28/h8-10,16H,2-7,11-15,17H2,1H3,(H4,24,25,26,27). The summed E-state index contributed by atoms with van der Waals surface area (Å²) in [5.74, 6) is 1.65. The molecule has 0 aliphatic carbocycles. The number of piperidine rings is 1. The van der Waals surface area contributed by atoms with Crippen molar-refractivity contribution in [2.45, 2.75) is 58.3 Å². The second-order valence-electron chi connectivity index (χ2n) is 7.92. The Morgan fingerprint density at radius 1 is 1.07 bits per heavy atom. The molecule has 0 unspecified atom stereocenters. The van der Waals surface area contributed by atoms with E-state index in [4.69, 9.17) is 16.2 Å². The van der Waals surface area contributed by atoms with Gasteiger partial charge in [-0.05, 0) is 56.5 Å². The Bertz CT molecular complexity index is 774. The van der Waals surface area contributed by atoms with Gasteiger partial charge < -0.3 is 16.2 Å². The molecule has 0 amide bonds. The Morgan fingerprint density at radius 3 is 2.69 bits per heavy atom. The van der Waals surface area contributed by atoms with Crippen LogP contribution in [0.25, 0.3) is 0 Å². The van der Waals surface area contributed by atoms with Crippen molar-refractivity contribution < 1.29 is 4.74 Å². The molecule has 1 aliphatic heterocycles. The van der Waals surface area contributed by atoms with Gasteiger partial charge in [-0.3, -0.25) is 4.90 Å². The average molecular weight is 398 g/mol. The predicted octanol–water partition coefficient (Wildman–Crippen LogP) is 3.83. The van der Waals surface area contributed by atoms with Gasteiger partial charge in [0, 0.05) is 18.5 Å². The first-order chi connectivity index (χ1) is 14.2. The number of aromatic nitrogens is 2. The van der Waals surface area contributed by atoms with E-state index in [1.54, 1.807) is 0 Å². The number of ether oxygens (including phenoxy) is 1. The van der Waals surface area contributed by atoms with E-state index in [0.717, 1.165) is 48.6 Å². The van der Waals surface area contributed by atoms with Crippen LogP contribution in [0.2, 0.25) is 0 Å². The third-order valence-corrected chi connectivity index (χ3v) is 5.56. The summed E-state index contributed by atoms with van der Waals surface area (Å²) in [7, 11) is 0. The van der Waals surface area contributed by atoms with E-state index in [0.29, 0.717) is 12.2 Å². The molecule has 0 radical (unpaired) electrons. The summed E-state index contributed by atoms with van der Waals surface area (Å²) in [6, 6.07) is 8.26. The van der Waals surface area contributed by atoms with E-state index >= 15 is 0 Å². The van der Waals surface area contributed by atoms with Crippen LogP contribution in [0.3, 0.4) is 0 Å². The van der Waals surface area contributed by atoms with E-state index in [9.17, 15) is 0 Å². The summed E-state index contributed by atoms with van der Waals surface area (Å²) < 4.78 is 6.02. The molecule has 0 saturated carbocycles. The molecule has 29 heavy (non-hydrogen) atoms. The van der Waals surface area contributed by atoms with Crippen molar-refractivity contribution in [1.82, 2.24) is 14.9 Å². The number of nitrogens with zero attached hydrogens (tertiary/aromatic N) is 3. The smallest absolute Gasteiger partial charge is 0.222 e. The highest BCUT2D eigenvalue weighted by Crippen LogP contribution is 2.23. The predicted molar refractivity (Wildman–Crippen MR) is 119 cm³/mol. The Hall–Kier alpha value is -2.34. The summed E-state index contributed by atoms with van der Waals surface area (Å²) in [5.41, 5.74) is 15.2. The number of benzene rings is 1. The van der Waals surface area contributed by atoms with Crippen LogP contribution in [0.15, 0.2) is 24.3 Å². The normalized spacial score (nSPS) is 14.8. The first-order valence-corrected chi connectivity index (χ1v) is 11.0. The number of aryl methyl sites for hydroxylation is 1. The highest BCUT2D eigenvalue weighted by atomic mass is 16.5. The number of nitrogens with two attached hydrogens (primary N) is 2. The van der Waals surface area contributed by atoms with Gasteiger partial charge in [0.05, 0.1) is 5.69 Å². The molecule has 0 atom stereocenters. The summed E-state index contributed by atoms with van der Waals surface area (Å²) in [6.07, 6.45) is 8.97. The van der Waals surface area contributed by atoms with Gasteiger partial charge in [-0.25, -0.2) is 4.98 Å². The molecule has 1 aromatic heterocycles. The van der Waals surface area contributed by atoms with E-state index in [-0.39, 0.29) is 5.95 Å². The van der Waals surface area contributed by atoms with Crippen LogP contribution in [-0.2, 0) is 12.8 Å². The van der Waals surface area contributed by atoms with Gasteiger partial charge in [0.2, 0.25) is 5.95 Å². The van der Waals surface area contributed by atoms with Crippen molar-refractivity contribution in [1.29, 1.82) is 0 Å². The second-order valence-corrected chi connectivity index (χ2v) is 7.92. The Kier molecular flexibility index (Phi) is 8.11. The first kappa shape index (κ1) is 21.4. The van der Waals surface area contributed by atoms with Crippen LogP contribution < -0.4 is 16.2 Å². The number of anilines is 2. The van der Waals surface area contributed by atoms with E-state index < -0.39 is 0 Å². The van der Waals surface area contributed by atoms with Gasteiger partial charge in [-0.1, -0.05) is 38.3 Å². The lowest BCUT2D eigenvalue weighted by Crippen LogP contribution is -2.33. The van der Waals surface area contributed by atoms with Gasteiger partial charge >= 0.3 is 0 Å². The lowest BCUT2D eigenvalue weighted by atomic mass is 10.0. The van der Waals surface area contributed by atoms with Crippen molar-refractivity contribution in [3.8, 4) is 5.75 Å². The monoisotopic (exact) mass is 397 g/mol. The van der Waals surface area contributed by atoms with E-state index in [1.807, 2.05) is 12.1 Å². The minimum Gasteiger partial charge on any atom is -0.492 e. The third-order valence-electron chi connectivity index (χ3n) is 5.56. The minimum atomic E-state index is 0.257. The number of hydrogen-bond acceptors (Lipinski definition) is 6. The van der Waals surface area contributed by atoms with Crippen molar-refractivity contribution in [2.24, 2.45) is 0 Å². The molecule has 0 spiro atoms. The molecule has 158 valence electrons. The second kappa shape index (κ2) is 11.0. The largest absolute Gasteiger partial charge is 0.492 e. The molecule has 0 bridgehead atoms. The molecule has 1 fully saturated rings. The zero-order valence-electron chi connectivity index (χ0n) is 17.7. The minimum absolute atomic E-state index is 0.257. The highest BCUT2D eigenvalue weighted by molar-refractivity contribution is 5.49. The molecular formula is C23H35N5O. The zero-order chi connectivity index (χ0) is 20.5. The molecule has 1 aliphatic rings. The van der Waals surface area contributed by atoms with Crippen LogP contribution in [-0.4, -0.2) is 41.1 Å². The van der Waals surface area contributed by atoms with Crippen molar-refractivity contribution in [3.63, 3.8) is 0 Å². The Morgan fingerprint density at radius 2 is 1.90 bits per heavy atom. The van der Waals surface area contributed by atoms with Crippen molar-refractivity contribution in [3.05, 3.63) is 41.1 Å². The van der Waals surface area contributed by atoms with Gasteiger partial charge in [-0.2, -0.15) is 4.98 Å². The molecule has 2 heterocycles. The number of unbranched alkanes of at least 4 members (excludes halogenated alkanes) is 2. The van der Waals surface area contributed by atoms with Crippen LogP contribution in [0.4, 0.5) is 11.8 Å². The zero-order valence-corrected chi connectivity index (χ0v) is 17.7. The van der Waals surface area contributed by atoms with Gasteiger partial charge in [0.1, 0.15) is 18.2 Å². The highest BCUT2D eigenvalue weighted by Gasteiger charge is 2.13. The number of rotatable bonds is 10. The summed E-state index contributed by atoms with van der Waals surface area (Å²) >= 11 is 0. The first-order valence-electron chi connectivity index (χ1n) is 11.0. The molecule has 6 nitrogen and oxygen atoms in total. The fourth-order valence-electron chi connectivity index (χ4n) is 3.94. The van der Waals surface area contributed by atoms with E-state index in [2.05, 4.69) is 33.9 Å². The maximum Gasteiger partial charge on any atom is 0.222 e. The van der Waals surface area contributed by atoms with Crippen molar-refractivity contribution >= 4 is 11.8 Å². The van der Waals surface area contributed by atoms with Crippen LogP contribution in [0.1, 0.15) is 62.3 Å². The number of hydrogen-bond donors (Lipinski definition) is 2. The number of likely N-dealkylation sites (tertiary alicyclic amines) is 1. The lowest BCUT2D eigenvalue weighted by molar-refractivity contribution is 0.183. The van der Waals surface area contributed by atoms with E-state index in [1.165, 1.54) is 45.2 Å². The fraction of sp³-hybridized carbons (Fsp3) is 0.565. The van der Waals surface area contributed by atoms with Gasteiger partial charge in [0.25, 0.3) is 0 Å². The van der Waals surface area contributed by atoms with Crippen LogP contribution >= 0.6 is 0 Å². The fourth-order valence-corrected chi connectivity index (χ4v) is 3.94. The average Bonchev–Trinajstić information content (AvgIpc) is 2.72. The number of nitrogen functional groups attached to an aromatic ring is 2. The molecule has 6 heteroatoms. The van der Waals surface area contributed by atoms with Crippen molar-refractivity contribution in [2.75, 3.05) is 37.7 Å². The molecule has 2 aromatic rings. The Balaban J connectivity index is 1.63. The van der Waals surface area contributed by atoms with Crippen LogP contribution in [0.5, 0.6) is 5.75 Å². The summed E-state index contributed by atoms with van der Waals surface area (Å²) in [6.45, 7) is 6.30. The maximum atomic E-state index is 6.21. The third kappa shape index (κ3) is 6.60. The molecular weight excluding hydrogens is 362 g/mol.